The Bertz CT molecular complexity index is 1440. The zero-order chi connectivity index (χ0) is 30.2. The quantitative estimate of drug-likeness (QED) is 0.262. The lowest BCUT2D eigenvalue weighted by molar-refractivity contribution is -0.146. The van der Waals surface area contributed by atoms with Crippen LogP contribution in [0.5, 0.6) is 0 Å². The van der Waals surface area contributed by atoms with E-state index in [4.69, 9.17) is 4.74 Å². The maximum absolute atomic E-state index is 14.6. The number of benzene rings is 2. The number of fused-ring (bicyclic) bond motifs is 2. The first kappa shape index (κ1) is 30.0. The monoisotopic (exact) mass is 593 g/mol. The summed E-state index contributed by atoms with van der Waals surface area (Å²) >= 11 is 0. The van der Waals surface area contributed by atoms with Crippen LogP contribution in [-0.4, -0.2) is 68.9 Å². The Morgan fingerprint density at radius 1 is 1.21 bits per heavy atom. The van der Waals surface area contributed by atoms with Gasteiger partial charge in [-0.2, -0.15) is 0 Å². The number of anilines is 2. The molecule has 5 atom stereocenters. The molecular weight excluding hydrogens is 554 g/mol. The topological polar surface area (TPSA) is 150 Å². The highest BCUT2D eigenvalue weighted by Gasteiger charge is 2.66. The average Bonchev–Trinajstić information content (AvgIpc) is 3.58. The van der Waals surface area contributed by atoms with Gasteiger partial charge < -0.3 is 30.0 Å². The molecule has 1 aromatic heterocycles. The number of rotatable bonds is 10. The van der Waals surface area contributed by atoms with Crippen molar-refractivity contribution in [3.05, 3.63) is 71.5 Å². The van der Waals surface area contributed by atoms with Gasteiger partial charge in [0.2, 0.25) is 0 Å². The molecule has 2 aliphatic rings. The summed E-state index contributed by atoms with van der Waals surface area (Å²) in [6.45, 7) is 7.90. The fourth-order valence-corrected chi connectivity index (χ4v) is 9.13. The number of hydrogen-bond donors (Lipinski definition) is 4. The molecule has 1 fully saturated rings. The van der Waals surface area contributed by atoms with Crippen molar-refractivity contribution < 1.29 is 29.3 Å². The molecule has 4 N–H and O–H groups in total. The van der Waals surface area contributed by atoms with Crippen molar-refractivity contribution in [2.45, 2.75) is 76.2 Å². The van der Waals surface area contributed by atoms with E-state index < -0.39 is 32.0 Å². The Balaban J connectivity index is 1.54. The SMILES string of the molecule is C[C@H](O)C(=O)Nc1ccc2c(c1)[C@@]1(O[C@H](CCn3cc(CCO)nn3)[C@@H]([Si](C)(C)O)[C@@H]1C)C(=O)N2Cc1ccccc1. The summed E-state index contributed by atoms with van der Waals surface area (Å²) in [4.78, 5) is 40.2. The van der Waals surface area contributed by atoms with Gasteiger partial charge in [0.15, 0.2) is 13.9 Å². The van der Waals surface area contributed by atoms with E-state index in [0.717, 1.165) is 5.56 Å². The molecule has 0 bridgehead atoms. The van der Waals surface area contributed by atoms with E-state index in [2.05, 4.69) is 15.6 Å². The van der Waals surface area contributed by atoms with Crippen LogP contribution in [0.4, 0.5) is 11.4 Å². The van der Waals surface area contributed by atoms with Crippen molar-refractivity contribution in [3.63, 3.8) is 0 Å². The molecule has 2 aliphatic heterocycles. The summed E-state index contributed by atoms with van der Waals surface area (Å²) in [6.07, 6.45) is 1.05. The molecule has 0 radical (unpaired) electrons. The van der Waals surface area contributed by atoms with Crippen LogP contribution in [0, 0.1) is 5.92 Å². The van der Waals surface area contributed by atoms with Gasteiger partial charge in [0.05, 0.1) is 24.0 Å². The molecule has 0 saturated carbocycles. The predicted octanol–water partition coefficient (Wildman–Crippen LogP) is 2.57. The van der Waals surface area contributed by atoms with Crippen molar-refractivity contribution in [1.82, 2.24) is 15.0 Å². The molecule has 0 aliphatic carbocycles. The van der Waals surface area contributed by atoms with E-state index in [1.54, 1.807) is 34.0 Å². The van der Waals surface area contributed by atoms with Crippen molar-refractivity contribution in [1.29, 1.82) is 0 Å². The van der Waals surface area contributed by atoms with Crippen LogP contribution in [0.1, 0.15) is 37.1 Å². The number of aryl methyl sites for hydroxylation is 1. The minimum absolute atomic E-state index is 0.0164. The van der Waals surface area contributed by atoms with Gasteiger partial charge in [-0.1, -0.05) is 42.5 Å². The van der Waals surface area contributed by atoms with Crippen molar-refractivity contribution in [3.8, 4) is 0 Å². The first-order chi connectivity index (χ1) is 20.0. The van der Waals surface area contributed by atoms with E-state index in [0.29, 0.717) is 48.6 Å². The molecular formula is C30H39N5O6Si. The van der Waals surface area contributed by atoms with Gasteiger partial charge in [-0.05, 0) is 50.2 Å². The predicted molar refractivity (Wildman–Crippen MR) is 159 cm³/mol. The van der Waals surface area contributed by atoms with E-state index >= 15 is 0 Å². The molecule has 2 amide bonds. The van der Waals surface area contributed by atoms with Crippen LogP contribution < -0.4 is 10.2 Å². The smallest absolute Gasteiger partial charge is 0.264 e. The molecule has 0 unspecified atom stereocenters. The van der Waals surface area contributed by atoms with Gasteiger partial charge in [0.25, 0.3) is 11.8 Å². The fourth-order valence-electron chi connectivity index (χ4n) is 6.53. The summed E-state index contributed by atoms with van der Waals surface area (Å²) in [5.41, 5.74) is 1.77. The zero-order valence-corrected chi connectivity index (χ0v) is 25.4. The van der Waals surface area contributed by atoms with Crippen LogP contribution in [0.2, 0.25) is 18.6 Å². The number of ether oxygens (including phenoxy) is 1. The molecule has 3 aromatic rings. The Morgan fingerprint density at radius 2 is 1.95 bits per heavy atom. The Kier molecular flexibility index (Phi) is 8.36. The number of nitrogens with one attached hydrogen (secondary N) is 1. The number of carbonyl (C=O) groups excluding carboxylic acids is 2. The summed E-state index contributed by atoms with van der Waals surface area (Å²) in [5, 5.41) is 30.0. The number of aliphatic hydroxyl groups is 2. The van der Waals surface area contributed by atoms with Crippen LogP contribution in [0.3, 0.4) is 0 Å². The third-order valence-electron chi connectivity index (χ3n) is 8.41. The molecule has 11 nitrogen and oxygen atoms in total. The van der Waals surface area contributed by atoms with Crippen molar-refractivity contribution in [2.24, 2.45) is 5.92 Å². The van der Waals surface area contributed by atoms with E-state index in [-0.39, 0.29) is 24.0 Å². The first-order valence-corrected chi connectivity index (χ1v) is 17.4. The molecule has 3 heterocycles. The maximum atomic E-state index is 14.6. The van der Waals surface area contributed by atoms with Crippen LogP contribution in [-0.2, 0) is 39.4 Å². The number of nitrogens with zero attached hydrogens (tertiary/aromatic N) is 4. The molecule has 1 spiro atoms. The Hall–Kier alpha value is -3.42. The largest absolute Gasteiger partial charge is 0.432 e. The summed E-state index contributed by atoms with van der Waals surface area (Å²) in [6, 6.07) is 15.0. The standard InChI is InChI=1S/C30H39N5O6Si/c1-19-27(42(3,4)40)26(12-14-34-18-23(13-15-36)32-33-34)41-30(19)24-16-22(31-28(38)20(2)37)10-11-25(24)35(29(30)39)17-21-8-6-5-7-9-21/h5-11,16,18-20,26-27,36-37,40H,12-15,17H2,1-4H3,(H,31,38)/t19-,20-,26+,27-,30+/m0/s1. The highest BCUT2D eigenvalue weighted by molar-refractivity contribution is 6.71. The number of amides is 2. The lowest BCUT2D eigenvalue weighted by atomic mass is 9.82. The molecule has 2 aromatic carbocycles. The first-order valence-electron chi connectivity index (χ1n) is 14.3. The molecule has 12 heteroatoms. The summed E-state index contributed by atoms with van der Waals surface area (Å²) in [5.74, 6) is -1.13. The van der Waals surface area contributed by atoms with E-state index in [9.17, 15) is 24.6 Å². The summed E-state index contributed by atoms with van der Waals surface area (Å²) in [7, 11) is -2.87. The second-order valence-corrected chi connectivity index (χ2v) is 15.8. The van der Waals surface area contributed by atoms with Gasteiger partial charge >= 0.3 is 0 Å². The second kappa shape index (κ2) is 11.7. The lowest BCUT2D eigenvalue weighted by Gasteiger charge is -2.32. The molecule has 1 saturated heterocycles. The van der Waals surface area contributed by atoms with Gasteiger partial charge in [-0.3, -0.25) is 14.3 Å². The van der Waals surface area contributed by atoms with Crippen LogP contribution in [0.15, 0.2) is 54.7 Å². The lowest BCUT2D eigenvalue weighted by Crippen LogP contribution is -2.46. The molecule has 224 valence electrons. The number of aromatic nitrogens is 3. The normalized spacial score (nSPS) is 24.3. The Morgan fingerprint density at radius 3 is 2.62 bits per heavy atom. The number of carbonyl (C=O) groups is 2. The third-order valence-corrected chi connectivity index (χ3v) is 10.9. The fraction of sp³-hybridized carbons (Fsp3) is 0.467. The average molecular weight is 594 g/mol. The minimum atomic E-state index is -2.87. The number of aliphatic hydroxyl groups excluding tert-OH is 2. The molecule has 5 rings (SSSR count). The second-order valence-electron chi connectivity index (χ2n) is 11.9. The maximum Gasteiger partial charge on any atom is 0.264 e. The van der Waals surface area contributed by atoms with Gasteiger partial charge in [0, 0.05) is 48.5 Å². The molecule has 42 heavy (non-hydrogen) atoms. The van der Waals surface area contributed by atoms with Crippen LogP contribution >= 0.6 is 0 Å². The van der Waals surface area contributed by atoms with E-state index in [1.807, 2.05) is 50.3 Å². The third kappa shape index (κ3) is 5.52. The van der Waals surface area contributed by atoms with Gasteiger partial charge in [-0.25, -0.2) is 0 Å². The van der Waals surface area contributed by atoms with Crippen molar-refractivity contribution >= 4 is 31.5 Å². The van der Waals surface area contributed by atoms with Gasteiger partial charge in [-0.15, -0.1) is 5.10 Å². The zero-order valence-electron chi connectivity index (χ0n) is 24.4. The minimum Gasteiger partial charge on any atom is -0.432 e. The highest BCUT2D eigenvalue weighted by Crippen LogP contribution is 2.60. The van der Waals surface area contributed by atoms with Gasteiger partial charge in [0.1, 0.15) is 6.10 Å². The Labute approximate surface area is 246 Å². The van der Waals surface area contributed by atoms with E-state index in [1.165, 1.54) is 6.92 Å². The summed E-state index contributed by atoms with van der Waals surface area (Å²) < 4.78 is 8.57. The van der Waals surface area contributed by atoms with Crippen molar-refractivity contribution in [2.75, 3.05) is 16.8 Å². The number of hydrogen-bond acceptors (Lipinski definition) is 8. The highest BCUT2D eigenvalue weighted by atomic mass is 28.4. The van der Waals surface area contributed by atoms with Crippen LogP contribution in [0.25, 0.3) is 0 Å².